The minimum absolute atomic E-state index is 1.01. The Morgan fingerprint density at radius 3 is 2.50 bits per heavy atom. The lowest BCUT2D eigenvalue weighted by Gasteiger charge is -1.95. The monoisotopic (exact) mass is 190 g/mol. The summed E-state index contributed by atoms with van der Waals surface area (Å²) in [5.74, 6) is 0. The third kappa shape index (κ3) is 2.59. The summed E-state index contributed by atoms with van der Waals surface area (Å²) in [6.45, 7) is 6.43. The second kappa shape index (κ2) is 5.43. The Balaban J connectivity index is 0.000000213. The van der Waals surface area contributed by atoms with Crippen molar-refractivity contribution in [3.05, 3.63) is 36.3 Å². The second-order valence-electron chi connectivity index (χ2n) is 3.32. The van der Waals surface area contributed by atoms with E-state index in [1.165, 1.54) is 18.5 Å². The van der Waals surface area contributed by atoms with Crippen LogP contribution < -0.4 is 0 Å². The van der Waals surface area contributed by atoms with E-state index in [-0.39, 0.29) is 0 Å². The van der Waals surface area contributed by atoms with Crippen LogP contribution in [0, 0.1) is 6.92 Å². The number of aromatic nitrogens is 2. The van der Waals surface area contributed by atoms with Crippen molar-refractivity contribution in [2.24, 2.45) is 0 Å². The molecule has 0 aliphatic carbocycles. The molecule has 0 N–H and O–H groups in total. The fourth-order valence-electron chi connectivity index (χ4n) is 1.09. The highest BCUT2D eigenvalue weighted by atomic mass is 15.0. The van der Waals surface area contributed by atoms with Crippen molar-refractivity contribution in [1.29, 1.82) is 0 Å². The zero-order chi connectivity index (χ0) is 10.4. The van der Waals surface area contributed by atoms with E-state index in [2.05, 4.69) is 36.2 Å². The quantitative estimate of drug-likeness (QED) is 0.673. The third-order valence-electron chi connectivity index (χ3n) is 2.13. The highest BCUT2D eigenvalue weighted by Crippen LogP contribution is 2.02. The molecule has 0 saturated heterocycles. The number of fused-ring (bicyclic) bond motifs is 1. The standard InChI is InChI=1S/C8H8N2.C4H10/c1-7-3-2-4-8-9-5-6-10(7)8;1-3-4-2/h2-6H,1H3;3-4H2,1-2H3. The Morgan fingerprint density at radius 2 is 1.93 bits per heavy atom. The zero-order valence-electron chi connectivity index (χ0n) is 9.20. The van der Waals surface area contributed by atoms with Crippen molar-refractivity contribution < 1.29 is 0 Å². The van der Waals surface area contributed by atoms with Crippen molar-refractivity contribution in [1.82, 2.24) is 9.38 Å². The first kappa shape index (κ1) is 10.8. The van der Waals surface area contributed by atoms with E-state index in [1.807, 2.05) is 24.5 Å². The molecular formula is C12H18N2. The van der Waals surface area contributed by atoms with Gasteiger partial charge in [-0.1, -0.05) is 32.8 Å². The van der Waals surface area contributed by atoms with Gasteiger partial charge in [0.2, 0.25) is 0 Å². The predicted molar refractivity (Wildman–Crippen MR) is 60.5 cm³/mol. The summed E-state index contributed by atoms with van der Waals surface area (Å²) in [5, 5.41) is 0. The molecule has 2 rings (SSSR count). The van der Waals surface area contributed by atoms with Gasteiger partial charge in [-0.25, -0.2) is 4.98 Å². The highest BCUT2D eigenvalue weighted by Gasteiger charge is 1.92. The number of aryl methyl sites for hydroxylation is 1. The first-order valence-corrected chi connectivity index (χ1v) is 5.18. The van der Waals surface area contributed by atoms with Gasteiger partial charge in [0.1, 0.15) is 5.65 Å². The number of nitrogens with zero attached hydrogens (tertiary/aromatic N) is 2. The van der Waals surface area contributed by atoms with Gasteiger partial charge in [0.05, 0.1) is 0 Å². The topological polar surface area (TPSA) is 17.3 Å². The Bertz CT molecular complexity index is 374. The fraction of sp³-hybridized carbons (Fsp3) is 0.417. The van der Waals surface area contributed by atoms with Gasteiger partial charge in [0.15, 0.2) is 0 Å². The van der Waals surface area contributed by atoms with Gasteiger partial charge in [-0.2, -0.15) is 0 Å². The van der Waals surface area contributed by atoms with Crippen molar-refractivity contribution in [2.75, 3.05) is 0 Å². The van der Waals surface area contributed by atoms with Gasteiger partial charge in [0.25, 0.3) is 0 Å². The zero-order valence-corrected chi connectivity index (χ0v) is 9.20. The molecule has 0 bridgehead atoms. The van der Waals surface area contributed by atoms with E-state index in [0.29, 0.717) is 0 Å². The molecule has 2 aromatic heterocycles. The average molecular weight is 190 g/mol. The Kier molecular flexibility index (Phi) is 4.17. The number of imidazole rings is 1. The maximum Gasteiger partial charge on any atom is 0.136 e. The average Bonchev–Trinajstić information content (AvgIpc) is 2.68. The number of hydrogen-bond donors (Lipinski definition) is 0. The lowest BCUT2D eigenvalue weighted by atomic mass is 10.4. The summed E-state index contributed by atoms with van der Waals surface area (Å²) in [5.41, 5.74) is 2.23. The van der Waals surface area contributed by atoms with Crippen LogP contribution in [0.2, 0.25) is 0 Å². The molecule has 0 aromatic carbocycles. The normalized spacial score (nSPS) is 9.64. The molecule has 2 nitrogen and oxygen atoms in total. The van der Waals surface area contributed by atoms with E-state index in [0.717, 1.165) is 5.65 Å². The molecule has 0 saturated carbocycles. The summed E-state index contributed by atoms with van der Waals surface area (Å²) in [6.07, 6.45) is 6.41. The molecule has 2 aromatic rings. The van der Waals surface area contributed by atoms with Gasteiger partial charge < -0.3 is 4.40 Å². The van der Waals surface area contributed by atoms with E-state index in [9.17, 15) is 0 Å². The van der Waals surface area contributed by atoms with Crippen LogP contribution >= 0.6 is 0 Å². The first-order chi connectivity index (χ1) is 6.79. The molecule has 0 aliphatic heterocycles. The minimum atomic E-state index is 1.01. The number of unbranched alkanes of at least 4 members (excludes halogenated alkanes) is 1. The lowest BCUT2D eigenvalue weighted by molar-refractivity contribution is 0.886. The number of hydrogen-bond acceptors (Lipinski definition) is 1. The Hall–Kier alpha value is -1.31. The summed E-state index contributed by atoms with van der Waals surface area (Å²) in [7, 11) is 0. The first-order valence-electron chi connectivity index (χ1n) is 5.18. The van der Waals surface area contributed by atoms with Crippen LogP contribution in [0.25, 0.3) is 5.65 Å². The maximum absolute atomic E-state index is 4.14. The SMILES string of the molecule is CCCC.Cc1cccc2nccn12. The molecule has 0 radical (unpaired) electrons. The van der Waals surface area contributed by atoms with Gasteiger partial charge in [-0.05, 0) is 19.1 Å². The molecule has 0 aliphatic rings. The van der Waals surface area contributed by atoms with Gasteiger partial charge >= 0.3 is 0 Å². The van der Waals surface area contributed by atoms with Crippen LogP contribution in [-0.4, -0.2) is 9.38 Å². The molecule has 0 amide bonds. The summed E-state index contributed by atoms with van der Waals surface area (Å²) in [4.78, 5) is 4.14. The van der Waals surface area contributed by atoms with Gasteiger partial charge in [0, 0.05) is 18.1 Å². The third-order valence-corrected chi connectivity index (χ3v) is 2.13. The number of pyridine rings is 1. The molecule has 0 atom stereocenters. The predicted octanol–water partition coefficient (Wildman–Crippen LogP) is 3.45. The van der Waals surface area contributed by atoms with Crippen LogP contribution in [0.1, 0.15) is 32.4 Å². The van der Waals surface area contributed by atoms with Crippen molar-refractivity contribution >= 4 is 5.65 Å². The largest absolute Gasteiger partial charge is 0.304 e. The number of rotatable bonds is 1. The van der Waals surface area contributed by atoms with E-state index in [4.69, 9.17) is 0 Å². The molecule has 2 heterocycles. The maximum atomic E-state index is 4.14. The lowest BCUT2D eigenvalue weighted by Crippen LogP contribution is -1.86. The second-order valence-corrected chi connectivity index (χ2v) is 3.32. The molecule has 0 spiro atoms. The van der Waals surface area contributed by atoms with Gasteiger partial charge in [-0.3, -0.25) is 0 Å². The summed E-state index contributed by atoms with van der Waals surface area (Å²) < 4.78 is 2.06. The van der Waals surface area contributed by atoms with Crippen molar-refractivity contribution in [3.63, 3.8) is 0 Å². The van der Waals surface area contributed by atoms with Gasteiger partial charge in [-0.15, -0.1) is 0 Å². The van der Waals surface area contributed by atoms with E-state index < -0.39 is 0 Å². The molecular weight excluding hydrogens is 172 g/mol. The van der Waals surface area contributed by atoms with Crippen molar-refractivity contribution in [3.8, 4) is 0 Å². The minimum Gasteiger partial charge on any atom is -0.304 e. The highest BCUT2D eigenvalue weighted by molar-refractivity contribution is 5.39. The van der Waals surface area contributed by atoms with Crippen LogP contribution in [-0.2, 0) is 0 Å². The Morgan fingerprint density at radius 1 is 1.21 bits per heavy atom. The fourth-order valence-corrected chi connectivity index (χ4v) is 1.09. The smallest absolute Gasteiger partial charge is 0.136 e. The van der Waals surface area contributed by atoms with Crippen molar-refractivity contribution in [2.45, 2.75) is 33.6 Å². The molecule has 76 valence electrons. The van der Waals surface area contributed by atoms with Crippen LogP contribution in [0.15, 0.2) is 30.6 Å². The molecule has 0 fully saturated rings. The Labute approximate surface area is 85.6 Å². The molecule has 2 heteroatoms. The summed E-state index contributed by atoms with van der Waals surface area (Å²) >= 11 is 0. The summed E-state index contributed by atoms with van der Waals surface area (Å²) in [6, 6.07) is 6.07. The van der Waals surface area contributed by atoms with Crippen LogP contribution in [0.4, 0.5) is 0 Å². The molecule has 0 unspecified atom stereocenters. The van der Waals surface area contributed by atoms with Crippen LogP contribution in [0.5, 0.6) is 0 Å². The molecule has 14 heavy (non-hydrogen) atoms. The van der Waals surface area contributed by atoms with E-state index >= 15 is 0 Å². The van der Waals surface area contributed by atoms with Crippen LogP contribution in [0.3, 0.4) is 0 Å². The van der Waals surface area contributed by atoms with E-state index in [1.54, 1.807) is 0 Å².